The fourth-order valence-corrected chi connectivity index (χ4v) is 7.36. The summed E-state index contributed by atoms with van der Waals surface area (Å²) in [6.07, 6.45) is 51.7. The second-order valence-electron chi connectivity index (χ2n) is 15.6. The van der Waals surface area contributed by atoms with E-state index in [0.29, 0.717) is 13.0 Å². The number of hydrogen-bond acceptors (Lipinski definition) is 7. The van der Waals surface area contributed by atoms with Crippen LogP contribution in [-0.4, -0.2) is 49.9 Å². The Morgan fingerprint density at radius 1 is 0.536 bits per heavy atom. The summed E-state index contributed by atoms with van der Waals surface area (Å²) in [7, 11) is -4.27. The molecule has 0 heterocycles. The Kier molecular flexibility index (Phi) is 43.8. The highest BCUT2D eigenvalue weighted by Gasteiger charge is 2.25. The Labute approximate surface area is 346 Å². The lowest BCUT2D eigenvalue weighted by molar-refractivity contribution is -0.154. The van der Waals surface area contributed by atoms with Gasteiger partial charge in [0, 0.05) is 19.6 Å². The summed E-state index contributed by atoms with van der Waals surface area (Å²) in [6, 6.07) is 0. The fraction of sp³-hybridized carbons (Fsp3) is 0.851. The number of phosphoric acid groups is 1. The van der Waals surface area contributed by atoms with Crippen LogP contribution in [0.3, 0.4) is 0 Å². The van der Waals surface area contributed by atoms with Crippen molar-refractivity contribution in [2.24, 2.45) is 5.73 Å². The maximum atomic E-state index is 12.5. The van der Waals surface area contributed by atoms with E-state index in [1.807, 2.05) is 0 Å². The van der Waals surface area contributed by atoms with Gasteiger partial charge in [-0.3, -0.25) is 13.8 Å². The van der Waals surface area contributed by atoms with Crippen LogP contribution in [0.1, 0.15) is 219 Å². The SMILES string of the molecule is CCCCCCC/C=C\C/C=C\C/C=C\CCCCCCCCCCCCCOCC(COP(=O)(O)OCCN)OC(=O)CCCCCCCCCCCCC. The molecule has 0 aliphatic rings. The van der Waals surface area contributed by atoms with E-state index in [1.54, 1.807) is 0 Å². The van der Waals surface area contributed by atoms with Gasteiger partial charge in [-0.15, -0.1) is 0 Å². The topological polar surface area (TPSA) is 117 Å². The number of phosphoric ester groups is 1. The standard InChI is InChI=1S/C47H90NO7P/c1-3-5-7-9-11-13-15-16-17-18-19-20-21-22-23-24-25-26-27-28-29-31-33-35-37-39-42-52-44-46(45-54-56(50,51)53-43-41-48)55-47(49)40-38-36-34-32-30-14-12-10-8-6-4-2/h15-16,18-19,21-22,46H,3-14,17,20,23-45,48H2,1-2H3,(H,50,51)/b16-15-,19-18-,22-21-. The summed E-state index contributed by atoms with van der Waals surface area (Å²) in [6.45, 7) is 4.92. The lowest BCUT2D eigenvalue weighted by atomic mass is 10.1. The van der Waals surface area contributed by atoms with Crippen LogP contribution < -0.4 is 5.73 Å². The minimum atomic E-state index is -4.27. The van der Waals surface area contributed by atoms with E-state index < -0.39 is 13.9 Å². The van der Waals surface area contributed by atoms with Crippen LogP contribution in [0.5, 0.6) is 0 Å². The molecule has 0 aromatic heterocycles. The average molecular weight is 812 g/mol. The molecule has 3 N–H and O–H groups in total. The van der Waals surface area contributed by atoms with Crippen LogP contribution in [-0.2, 0) is 27.9 Å². The molecule has 8 nitrogen and oxygen atoms in total. The maximum absolute atomic E-state index is 12.5. The van der Waals surface area contributed by atoms with Crippen LogP contribution in [0.25, 0.3) is 0 Å². The lowest BCUT2D eigenvalue weighted by Crippen LogP contribution is -2.28. The minimum absolute atomic E-state index is 0.0948. The fourth-order valence-electron chi connectivity index (χ4n) is 6.59. The number of nitrogens with two attached hydrogens (primary N) is 1. The zero-order chi connectivity index (χ0) is 40.9. The third kappa shape index (κ3) is 43.8. The second kappa shape index (κ2) is 44.8. The van der Waals surface area contributed by atoms with Gasteiger partial charge >= 0.3 is 13.8 Å². The van der Waals surface area contributed by atoms with Gasteiger partial charge in [0.2, 0.25) is 0 Å². The van der Waals surface area contributed by atoms with Crippen LogP contribution >= 0.6 is 7.82 Å². The molecule has 0 radical (unpaired) electrons. The first-order valence-electron chi connectivity index (χ1n) is 23.5. The van der Waals surface area contributed by atoms with Crippen molar-refractivity contribution in [1.29, 1.82) is 0 Å². The van der Waals surface area contributed by atoms with Gasteiger partial charge in [-0.1, -0.05) is 198 Å². The molecule has 0 bridgehead atoms. The lowest BCUT2D eigenvalue weighted by Gasteiger charge is -2.20. The van der Waals surface area contributed by atoms with Gasteiger partial charge in [0.15, 0.2) is 0 Å². The van der Waals surface area contributed by atoms with Gasteiger partial charge in [-0.2, -0.15) is 0 Å². The van der Waals surface area contributed by atoms with Crippen molar-refractivity contribution in [1.82, 2.24) is 0 Å². The van der Waals surface area contributed by atoms with E-state index in [2.05, 4.69) is 50.3 Å². The van der Waals surface area contributed by atoms with Crippen molar-refractivity contribution in [3.63, 3.8) is 0 Å². The molecular weight excluding hydrogens is 721 g/mol. The van der Waals surface area contributed by atoms with Gasteiger partial charge in [-0.05, 0) is 51.4 Å². The number of carbonyl (C=O) groups excluding carboxylic acids is 1. The Bertz CT molecular complexity index is 957. The van der Waals surface area contributed by atoms with E-state index >= 15 is 0 Å². The van der Waals surface area contributed by atoms with Crippen molar-refractivity contribution < 1.29 is 32.8 Å². The number of unbranched alkanes of at least 4 members (excludes halogenated alkanes) is 26. The van der Waals surface area contributed by atoms with Gasteiger partial charge in [0.1, 0.15) is 6.10 Å². The first-order chi connectivity index (χ1) is 27.4. The van der Waals surface area contributed by atoms with Crippen LogP contribution in [0.4, 0.5) is 0 Å². The summed E-state index contributed by atoms with van der Waals surface area (Å²) < 4.78 is 33.4. The zero-order valence-electron chi connectivity index (χ0n) is 36.6. The molecule has 0 aliphatic heterocycles. The quantitative estimate of drug-likeness (QED) is 0.0270. The first kappa shape index (κ1) is 54.7. The number of rotatable bonds is 45. The van der Waals surface area contributed by atoms with Crippen LogP contribution in [0.15, 0.2) is 36.5 Å². The number of hydrogen-bond donors (Lipinski definition) is 2. The summed E-state index contributed by atoms with van der Waals surface area (Å²) in [5.41, 5.74) is 5.37. The third-order valence-corrected chi connectivity index (χ3v) is 11.0. The smallest absolute Gasteiger partial charge is 0.457 e. The molecule has 0 spiro atoms. The normalized spacial score (nSPS) is 13.7. The molecule has 56 heavy (non-hydrogen) atoms. The molecule has 0 rings (SSSR count). The van der Waals surface area contributed by atoms with E-state index in [9.17, 15) is 14.3 Å². The van der Waals surface area contributed by atoms with Gasteiger partial charge < -0.3 is 20.1 Å². The zero-order valence-corrected chi connectivity index (χ0v) is 37.5. The molecule has 330 valence electrons. The Balaban J connectivity index is 3.88. The molecule has 0 saturated heterocycles. The minimum Gasteiger partial charge on any atom is -0.457 e. The van der Waals surface area contributed by atoms with Crippen molar-refractivity contribution in [2.75, 3.05) is 33.0 Å². The molecule has 0 fully saturated rings. The maximum Gasteiger partial charge on any atom is 0.472 e. The van der Waals surface area contributed by atoms with Gasteiger partial charge in [-0.25, -0.2) is 4.57 Å². The predicted octanol–water partition coefficient (Wildman–Crippen LogP) is 14.2. The van der Waals surface area contributed by atoms with Crippen molar-refractivity contribution in [3.8, 4) is 0 Å². The van der Waals surface area contributed by atoms with Gasteiger partial charge in [0.05, 0.1) is 19.8 Å². The monoisotopic (exact) mass is 812 g/mol. The van der Waals surface area contributed by atoms with Crippen molar-refractivity contribution in [3.05, 3.63) is 36.5 Å². The molecule has 2 unspecified atom stereocenters. The molecule has 0 saturated carbocycles. The highest BCUT2D eigenvalue weighted by molar-refractivity contribution is 7.47. The van der Waals surface area contributed by atoms with Crippen molar-refractivity contribution in [2.45, 2.75) is 225 Å². The van der Waals surface area contributed by atoms with E-state index in [-0.39, 0.29) is 32.3 Å². The molecule has 0 aromatic carbocycles. The largest absolute Gasteiger partial charge is 0.472 e. The van der Waals surface area contributed by atoms with E-state index in [0.717, 1.165) is 44.9 Å². The number of ether oxygens (including phenoxy) is 2. The summed E-state index contributed by atoms with van der Waals surface area (Å²) >= 11 is 0. The van der Waals surface area contributed by atoms with Crippen LogP contribution in [0, 0.1) is 0 Å². The second-order valence-corrected chi connectivity index (χ2v) is 17.1. The Morgan fingerprint density at radius 3 is 1.41 bits per heavy atom. The molecule has 0 aliphatic carbocycles. The summed E-state index contributed by atoms with van der Waals surface area (Å²) in [5, 5.41) is 0. The highest BCUT2D eigenvalue weighted by atomic mass is 31.2. The molecule has 2 atom stereocenters. The number of carbonyl (C=O) groups is 1. The number of esters is 1. The molecule has 9 heteroatoms. The average Bonchev–Trinajstić information content (AvgIpc) is 3.19. The summed E-state index contributed by atoms with van der Waals surface area (Å²) in [4.78, 5) is 22.4. The first-order valence-corrected chi connectivity index (χ1v) is 25.0. The van der Waals surface area contributed by atoms with E-state index in [4.69, 9.17) is 24.3 Å². The molecule has 0 amide bonds. The van der Waals surface area contributed by atoms with Gasteiger partial charge in [0.25, 0.3) is 0 Å². The Morgan fingerprint density at radius 2 is 0.946 bits per heavy atom. The van der Waals surface area contributed by atoms with Crippen molar-refractivity contribution >= 4 is 13.8 Å². The highest BCUT2D eigenvalue weighted by Crippen LogP contribution is 2.43. The predicted molar refractivity (Wildman–Crippen MR) is 238 cm³/mol. The third-order valence-electron chi connectivity index (χ3n) is 10.1. The molecule has 0 aromatic rings. The summed E-state index contributed by atoms with van der Waals surface area (Å²) in [5.74, 6) is -0.331. The van der Waals surface area contributed by atoms with E-state index in [1.165, 1.54) is 154 Å². The van der Waals surface area contributed by atoms with Crippen LogP contribution in [0.2, 0.25) is 0 Å². The molecular formula is C47H90NO7P. The number of allylic oxidation sites excluding steroid dienone is 6. The Hall–Kier alpha value is -1.28.